The molecule has 0 fully saturated rings. The molecule has 0 saturated carbocycles. The third-order valence-corrected chi connectivity index (χ3v) is 8.87. The van der Waals surface area contributed by atoms with E-state index in [9.17, 15) is 0 Å². The van der Waals surface area contributed by atoms with Crippen LogP contribution in [0.15, 0.2) is 170 Å². The number of rotatable bonds is 5. The van der Waals surface area contributed by atoms with Crippen molar-refractivity contribution in [1.29, 1.82) is 0 Å². The van der Waals surface area contributed by atoms with Gasteiger partial charge in [-0.2, -0.15) is 0 Å². The molecule has 0 bridgehead atoms. The second-order valence-corrected chi connectivity index (χ2v) is 11.7. The zero-order valence-electron chi connectivity index (χ0n) is 25.5. The fraction of sp³-hybridized carbons (Fsp3) is 0. The second-order valence-electron chi connectivity index (χ2n) is 11.7. The van der Waals surface area contributed by atoms with Crippen LogP contribution in [-0.4, -0.2) is 19.5 Å². The number of hydrogen-bond donors (Lipinski definition) is 0. The minimum atomic E-state index is 0.640. The highest BCUT2D eigenvalue weighted by Gasteiger charge is 2.15. The molecule has 0 aliphatic heterocycles. The fourth-order valence-corrected chi connectivity index (χ4v) is 6.59. The predicted octanol–water partition coefficient (Wildman–Crippen LogP) is 10.8. The monoisotopic (exact) mass is 600 g/mol. The van der Waals surface area contributed by atoms with Crippen molar-refractivity contribution in [1.82, 2.24) is 19.5 Å². The van der Waals surface area contributed by atoms with Crippen LogP contribution in [0.3, 0.4) is 0 Å². The van der Waals surface area contributed by atoms with Crippen LogP contribution in [0.5, 0.6) is 0 Å². The van der Waals surface area contributed by atoms with Gasteiger partial charge in [0.2, 0.25) is 0 Å². The van der Waals surface area contributed by atoms with Crippen molar-refractivity contribution in [2.75, 3.05) is 0 Å². The maximum absolute atomic E-state index is 5.02. The van der Waals surface area contributed by atoms with Gasteiger partial charge in [-0.25, -0.2) is 15.0 Å². The summed E-state index contributed by atoms with van der Waals surface area (Å²) in [7, 11) is 0. The van der Waals surface area contributed by atoms with E-state index in [4.69, 9.17) is 15.0 Å². The van der Waals surface area contributed by atoms with E-state index in [0.717, 1.165) is 27.9 Å². The van der Waals surface area contributed by atoms with Crippen molar-refractivity contribution in [2.24, 2.45) is 0 Å². The van der Waals surface area contributed by atoms with Gasteiger partial charge < -0.3 is 4.57 Å². The summed E-state index contributed by atoms with van der Waals surface area (Å²) < 4.78 is 2.32. The maximum atomic E-state index is 5.02. The SMILES string of the molecule is c1ccc(-c2nc(-c3ccc(-c4cccc5ccccc45)cc3)nc(-c3ccc(-n4c5ccccc5c5ccccc54)cc3)n2)cc1. The van der Waals surface area contributed by atoms with E-state index in [-0.39, 0.29) is 0 Å². The first-order chi connectivity index (χ1) is 23.3. The van der Waals surface area contributed by atoms with Crippen LogP contribution in [0, 0.1) is 0 Å². The van der Waals surface area contributed by atoms with Crippen LogP contribution in [0.4, 0.5) is 0 Å². The molecule has 0 radical (unpaired) electrons. The zero-order chi connectivity index (χ0) is 31.2. The lowest BCUT2D eigenvalue weighted by atomic mass is 9.97. The van der Waals surface area contributed by atoms with Crippen molar-refractivity contribution in [3.05, 3.63) is 170 Å². The Balaban J connectivity index is 1.13. The average molecular weight is 601 g/mol. The van der Waals surface area contributed by atoms with Crippen molar-refractivity contribution < 1.29 is 0 Å². The molecule has 2 heterocycles. The van der Waals surface area contributed by atoms with Crippen LogP contribution >= 0.6 is 0 Å². The summed E-state index contributed by atoms with van der Waals surface area (Å²) in [5.74, 6) is 1.93. The Kier molecular flexibility index (Phi) is 6.43. The molecule has 9 rings (SSSR count). The van der Waals surface area contributed by atoms with E-state index in [1.165, 1.54) is 38.1 Å². The third-order valence-electron chi connectivity index (χ3n) is 8.87. The van der Waals surface area contributed by atoms with Crippen LogP contribution in [-0.2, 0) is 0 Å². The van der Waals surface area contributed by atoms with E-state index < -0.39 is 0 Å². The van der Waals surface area contributed by atoms with E-state index in [1.54, 1.807) is 0 Å². The number of benzene rings is 7. The van der Waals surface area contributed by atoms with Gasteiger partial charge in [-0.15, -0.1) is 0 Å². The highest BCUT2D eigenvalue weighted by atomic mass is 15.0. The Morgan fingerprint density at radius 2 is 0.766 bits per heavy atom. The Bertz CT molecular complexity index is 2490. The smallest absolute Gasteiger partial charge is 0.164 e. The van der Waals surface area contributed by atoms with Crippen LogP contribution in [0.1, 0.15) is 0 Å². The van der Waals surface area contributed by atoms with E-state index in [1.807, 2.05) is 30.3 Å². The molecule has 0 aliphatic rings. The number of hydrogen-bond acceptors (Lipinski definition) is 3. The molecule has 0 aliphatic carbocycles. The molecule has 4 heteroatoms. The molecular formula is C43H28N4. The normalized spacial score (nSPS) is 11.4. The first-order valence-corrected chi connectivity index (χ1v) is 15.8. The van der Waals surface area contributed by atoms with Gasteiger partial charge in [0.05, 0.1) is 11.0 Å². The van der Waals surface area contributed by atoms with Gasteiger partial charge in [0.1, 0.15) is 0 Å². The van der Waals surface area contributed by atoms with Crippen molar-refractivity contribution in [3.63, 3.8) is 0 Å². The topological polar surface area (TPSA) is 43.6 Å². The summed E-state index contributed by atoms with van der Waals surface area (Å²) in [6.45, 7) is 0. The molecule has 0 amide bonds. The third kappa shape index (κ3) is 4.75. The van der Waals surface area contributed by atoms with Crippen molar-refractivity contribution in [3.8, 4) is 51.0 Å². The summed E-state index contributed by atoms with van der Waals surface area (Å²) in [5, 5.41) is 4.95. The summed E-state index contributed by atoms with van der Waals surface area (Å²) in [5.41, 5.74) is 8.64. The van der Waals surface area contributed by atoms with Gasteiger partial charge in [-0.3, -0.25) is 0 Å². The molecule has 7 aromatic carbocycles. The first-order valence-electron chi connectivity index (χ1n) is 15.8. The van der Waals surface area contributed by atoms with Gasteiger partial charge in [-0.05, 0) is 58.3 Å². The van der Waals surface area contributed by atoms with Crippen molar-refractivity contribution >= 4 is 32.6 Å². The zero-order valence-corrected chi connectivity index (χ0v) is 25.5. The maximum Gasteiger partial charge on any atom is 0.164 e. The van der Waals surface area contributed by atoms with E-state index in [2.05, 4.69) is 144 Å². The summed E-state index contributed by atoms with van der Waals surface area (Å²) in [4.78, 5) is 14.9. The Morgan fingerprint density at radius 1 is 0.319 bits per heavy atom. The fourth-order valence-electron chi connectivity index (χ4n) is 6.59. The lowest BCUT2D eigenvalue weighted by Gasteiger charge is -2.11. The van der Waals surface area contributed by atoms with Gasteiger partial charge >= 0.3 is 0 Å². The average Bonchev–Trinajstić information content (AvgIpc) is 3.49. The quantitative estimate of drug-likeness (QED) is 0.197. The van der Waals surface area contributed by atoms with E-state index >= 15 is 0 Å². The number of para-hydroxylation sites is 2. The lowest BCUT2D eigenvalue weighted by Crippen LogP contribution is -2.00. The highest BCUT2D eigenvalue weighted by molar-refractivity contribution is 6.09. The largest absolute Gasteiger partial charge is 0.309 e. The molecule has 0 unspecified atom stereocenters. The Hall–Kier alpha value is -6.39. The minimum Gasteiger partial charge on any atom is -0.309 e. The molecule has 4 nitrogen and oxygen atoms in total. The standard InChI is InChI=1S/C43H28N4/c1-2-12-31(13-3-1)41-44-42(32-23-21-30(22-24-32)36-18-10-14-29-11-4-5-15-35(29)36)46-43(45-41)33-25-27-34(28-26-33)47-39-19-8-6-16-37(39)38-17-7-9-20-40(38)47/h1-28H. The second kappa shape index (κ2) is 11.2. The van der Waals surface area contributed by atoms with Crippen molar-refractivity contribution in [2.45, 2.75) is 0 Å². The molecule has 0 saturated heterocycles. The minimum absolute atomic E-state index is 0.640. The molecule has 0 atom stereocenters. The molecule has 2 aromatic heterocycles. The molecule has 9 aromatic rings. The van der Waals surface area contributed by atoms with Gasteiger partial charge in [0.15, 0.2) is 17.5 Å². The molecule has 220 valence electrons. The van der Waals surface area contributed by atoms with Gasteiger partial charge in [0, 0.05) is 33.2 Å². The first kappa shape index (κ1) is 27.0. The summed E-state index contributed by atoms with van der Waals surface area (Å²) in [6.07, 6.45) is 0. The molecule has 0 spiro atoms. The highest BCUT2D eigenvalue weighted by Crippen LogP contribution is 2.34. The number of fused-ring (bicyclic) bond motifs is 4. The Morgan fingerprint density at radius 3 is 1.38 bits per heavy atom. The lowest BCUT2D eigenvalue weighted by molar-refractivity contribution is 1.07. The van der Waals surface area contributed by atoms with Gasteiger partial charge in [0.25, 0.3) is 0 Å². The number of nitrogens with zero attached hydrogens (tertiary/aromatic N) is 4. The summed E-state index contributed by atoms with van der Waals surface area (Å²) >= 11 is 0. The number of aromatic nitrogens is 4. The summed E-state index contributed by atoms with van der Waals surface area (Å²) in [6, 6.07) is 59.2. The van der Waals surface area contributed by atoms with Crippen LogP contribution < -0.4 is 0 Å². The van der Waals surface area contributed by atoms with E-state index in [0.29, 0.717) is 17.5 Å². The molecule has 0 N–H and O–H groups in total. The predicted molar refractivity (Wildman–Crippen MR) is 193 cm³/mol. The molecular weight excluding hydrogens is 573 g/mol. The molecule has 47 heavy (non-hydrogen) atoms. The Labute approximate surface area is 272 Å². The van der Waals surface area contributed by atoms with Crippen LogP contribution in [0.25, 0.3) is 83.6 Å². The van der Waals surface area contributed by atoms with Gasteiger partial charge in [-0.1, -0.05) is 133 Å². The van der Waals surface area contributed by atoms with Crippen LogP contribution in [0.2, 0.25) is 0 Å².